The molecule has 0 fully saturated rings. The van der Waals surface area contributed by atoms with Gasteiger partial charge in [-0.25, -0.2) is 9.47 Å². The first-order chi connectivity index (χ1) is 14.5. The summed E-state index contributed by atoms with van der Waals surface area (Å²) in [6.45, 7) is 1.95. The maximum Gasteiger partial charge on any atom is 0.336 e. The molecule has 0 saturated carbocycles. The first kappa shape index (κ1) is 19.8. The monoisotopic (exact) mass is 424 g/mol. The highest BCUT2D eigenvalue weighted by molar-refractivity contribution is 7.98. The molecule has 0 bridgehead atoms. The van der Waals surface area contributed by atoms with Gasteiger partial charge in [-0.1, -0.05) is 30.8 Å². The van der Waals surface area contributed by atoms with E-state index in [0.29, 0.717) is 34.5 Å². The Morgan fingerprint density at radius 1 is 1.20 bits per heavy atom. The topological polar surface area (TPSA) is 116 Å². The SMILES string of the molecule is CCc1cc2c(CSc3nnc(-c4ccccc4OC)n3N)cc(=O)oc2cc1O. The number of hydrogen-bond donors (Lipinski definition) is 2. The number of nitrogens with zero attached hydrogens (tertiary/aromatic N) is 3. The molecule has 0 aliphatic heterocycles. The maximum absolute atomic E-state index is 12.0. The second kappa shape index (κ2) is 8.11. The van der Waals surface area contributed by atoms with Crippen LogP contribution in [-0.2, 0) is 12.2 Å². The highest BCUT2D eigenvalue weighted by atomic mass is 32.2. The van der Waals surface area contributed by atoms with Gasteiger partial charge in [0.2, 0.25) is 5.16 Å². The zero-order chi connectivity index (χ0) is 21.3. The molecular formula is C21H20N4O4S. The van der Waals surface area contributed by atoms with Crippen molar-refractivity contribution in [3.05, 3.63) is 64.0 Å². The summed E-state index contributed by atoms with van der Waals surface area (Å²) in [6, 6.07) is 12.2. The molecule has 0 radical (unpaired) electrons. The van der Waals surface area contributed by atoms with E-state index in [-0.39, 0.29) is 5.75 Å². The summed E-state index contributed by atoms with van der Waals surface area (Å²) in [5, 5.41) is 19.7. The predicted molar refractivity (Wildman–Crippen MR) is 115 cm³/mol. The van der Waals surface area contributed by atoms with Gasteiger partial charge in [0, 0.05) is 23.3 Å². The molecule has 9 heteroatoms. The molecule has 2 aromatic carbocycles. The van der Waals surface area contributed by atoms with Crippen LogP contribution in [0.25, 0.3) is 22.4 Å². The van der Waals surface area contributed by atoms with Gasteiger partial charge in [-0.2, -0.15) is 0 Å². The molecule has 0 aliphatic carbocycles. The Labute approximate surface area is 176 Å². The van der Waals surface area contributed by atoms with E-state index in [1.807, 2.05) is 37.3 Å². The summed E-state index contributed by atoms with van der Waals surface area (Å²) in [6.07, 6.45) is 0.660. The minimum Gasteiger partial charge on any atom is -0.508 e. The number of phenolic OH excluding ortho intramolecular Hbond substituents is 1. The van der Waals surface area contributed by atoms with Gasteiger partial charge < -0.3 is 20.1 Å². The molecule has 2 heterocycles. The lowest BCUT2D eigenvalue weighted by molar-refractivity contribution is 0.416. The average Bonchev–Trinajstić information content (AvgIpc) is 3.11. The van der Waals surface area contributed by atoms with E-state index in [0.717, 1.165) is 22.1 Å². The van der Waals surface area contributed by atoms with Crippen LogP contribution in [0.3, 0.4) is 0 Å². The summed E-state index contributed by atoms with van der Waals surface area (Å²) in [7, 11) is 1.58. The Morgan fingerprint density at radius 3 is 2.77 bits per heavy atom. The number of benzene rings is 2. The third-order valence-electron chi connectivity index (χ3n) is 4.78. The minimum absolute atomic E-state index is 0.112. The van der Waals surface area contributed by atoms with Crippen molar-refractivity contribution in [2.75, 3.05) is 13.0 Å². The van der Waals surface area contributed by atoms with Crippen molar-refractivity contribution in [3.63, 3.8) is 0 Å². The number of para-hydroxylation sites is 1. The molecule has 154 valence electrons. The van der Waals surface area contributed by atoms with Gasteiger partial charge in [0.05, 0.1) is 12.7 Å². The second-order valence-electron chi connectivity index (χ2n) is 6.59. The lowest BCUT2D eigenvalue weighted by Crippen LogP contribution is -2.12. The van der Waals surface area contributed by atoms with Crippen LogP contribution in [0, 0.1) is 0 Å². The van der Waals surface area contributed by atoms with Gasteiger partial charge >= 0.3 is 5.63 Å². The first-order valence-corrected chi connectivity index (χ1v) is 10.3. The van der Waals surface area contributed by atoms with Crippen molar-refractivity contribution in [2.45, 2.75) is 24.3 Å². The van der Waals surface area contributed by atoms with Crippen LogP contribution in [0.5, 0.6) is 11.5 Å². The average molecular weight is 424 g/mol. The van der Waals surface area contributed by atoms with Gasteiger partial charge in [-0.05, 0) is 35.7 Å². The molecule has 0 atom stereocenters. The molecule has 0 amide bonds. The lowest BCUT2D eigenvalue weighted by atomic mass is 10.1. The van der Waals surface area contributed by atoms with E-state index in [4.69, 9.17) is 15.0 Å². The van der Waals surface area contributed by atoms with Crippen LogP contribution in [-0.4, -0.2) is 27.1 Å². The van der Waals surface area contributed by atoms with Gasteiger partial charge in [-0.15, -0.1) is 10.2 Å². The zero-order valence-corrected chi connectivity index (χ0v) is 17.3. The number of nitrogen functional groups attached to an aromatic ring is 1. The number of fused-ring (bicyclic) bond motifs is 1. The van der Waals surface area contributed by atoms with E-state index in [9.17, 15) is 9.90 Å². The Morgan fingerprint density at radius 2 is 2.00 bits per heavy atom. The van der Waals surface area contributed by atoms with Crippen LogP contribution in [0.2, 0.25) is 0 Å². The number of thioether (sulfide) groups is 1. The molecule has 4 rings (SSSR count). The van der Waals surface area contributed by atoms with Crippen LogP contribution in [0.4, 0.5) is 0 Å². The van der Waals surface area contributed by atoms with Gasteiger partial charge in [0.15, 0.2) is 5.82 Å². The molecule has 30 heavy (non-hydrogen) atoms. The number of ether oxygens (including phenoxy) is 1. The van der Waals surface area contributed by atoms with Crippen LogP contribution >= 0.6 is 11.8 Å². The van der Waals surface area contributed by atoms with Crippen molar-refractivity contribution >= 4 is 22.7 Å². The molecule has 0 unspecified atom stereocenters. The van der Waals surface area contributed by atoms with E-state index in [2.05, 4.69) is 10.2 Å². The van der Waals surface area contributed by atoms with Crippen molar-refractivity contribution in [1.29, 1.82) is 0 Å². The van der Waals surface area contributed by atoms with Crippen molar-refractivity contribution in [3.8, 4) is 22.9 Å². The smallest absolute Gasteiger partial charge is 0.336 e. The molecule has 0 aliphatic rings. The molecule has 2 aromatic heterocycles. The van der Waals surface area contributed by atoms with E-state index >= 15 is 0 Å². The third kappa shape index (κ3) is 3.59. The van der Waals surface area contributed by atoms with E-state index < -0.39 is 5.63 Å². The number of hydrogen-bond acceptors (Lipinski definition) is 8. The highest BCUT2D eigenvalue weighted by Gasteiger charge is 2.17. The fourth-order valence-electron chi connectivity index (χ4n) is 3.24. The molecule has 3 N–H and O–H groups in total. The second-order valence-corrected chi connectivity index (χ2v) is 7.53. The van der Waals surface area contributed by atoms with Crippen molar-refractivity contribution in [1.82, 2.24) is 14.9 Å². The predicted octanol–water partition coefficient (Wildman–Crippen LogP) is 3.33. The largest absolute Gasteiger partial charge is 0.508 e. The number of rotatable bonds is 6. The van der Waals surface area contributed by atoms with Crippen molar-refractivity contribution in [2.24, 2.45) is 0 Å². The maximum atomic E-state index is 12.0. The van der Waals surface area contributed by atoms with Crippen molar-refractivity contribution < 1.29 is 14.3 Å². The standard InChI is InChI=1S/C21H20N4O4S/c1-3-12-8-15-13(9-19(27)29-18(15)10-16(12)26)11-30-21-24-23-20(25(21)22)14-6-4-5-7-17(14)28-2/h4-10,26H,3,11,22H2,1-2H3. The van der Waals surface area contributed by atoms with Gasteiger partial charge in [0.25, 0.3) is 0 Å². The van der Waals surface area contributed by atoms with Crippen LogP contribution in [0.15, 0.2) is 56.8 Å². The Bertz CT molecular complexity index is 1280. The number of phenols is 1. The van der Waals surface area contributed by atoms with Gasteiger partial charge in [0.1, 0.15) is 17.1 Å². The summed E-state index contributed by atoms with van der Waals surface area (Å²) >= 11 is 1.35. The fourth-order valence-corrected chi connectivity index (χ4v) is 4.09. The number of aromatic nitrogens is 3. The lowest BCUT2D eigenvalue weighted by Gasteiger charge is -2.09. The quantitative estimate of drug-likeness (QED) is 0.275. The summed E-state index contributed by atoms with van der Waals surface area (Å²) in [4.78, 5) is 12.0. The first-order valence-electron chi connectivity index (χ1n) is 9.27. The number of aromatic hydroxyl groups is 1. The zero-order valence-electron chi connectivity index (χ0n) is 16.5. The minimum atomic E-state index is -0.481. The normalized spacial score (nSPS) is 11.1. The molecule has 0 saturated heterocycles. The number of methoxy groups -OCH3 is 1. The molecule has 8 nitrogen and oxygen atoms in total. The summed E-state index contributed by atoms with van der Waals surface area (Å²) in [5.74, 6) is 7.90. The van der Waals surface area contributed by atoms with Gasteiger partial charge in [-0.3, -0.25) is 0 Å². The fraction of sp³-hybridized carbons (Fsp3) is 0.190. The van der Waals surface area contributed by atoms with Crippen LogP contribution < -0.4 is 16.2 Å². The molecular weight excluding hydrogens is 404 g/mol. The summed E-state index contributed by atoms with van der Waals surface area (Å²) < 4.78 is 12.0. The van der Waals surface area contributed by atoms with E-state index in [1.54, 1.807) is 7.11 Å². The summed E-state index contributed by atoms with van der Waals surface area (Å²) in [5.41, 5.74) is 2.14. The Hall–Kier alpha value is -3.46. The molecule has 0 spiro atoms. The molecule has 4 aromatic rings. The third-order valence-corrected chi connectivity index (χ3v) is 5.77. The Balaban J connectivity index is 1.67. The van der Waals surface area contributed by atoms with Crippen LogP contribution in [0.1, 0.15) is 18.1 Å². The number of nitrogens with two attached hydrogens (primary N) is 1. The highest BCUT2D eigenvalue weighted by Crippen LogP contribution is 2.32. The number of aryl methyl sites for hydroxylation is 1. The Kier molecular flexibility index (Phi) is 5.37. The van der Waals surface area contributed by atoms with E-state index in [1.165, 1.54) is 28.6 Å².